The van der Waals surface area contributed by atoms with Gasteiger partial charge >= 0.3 is 0 Å². The van der Waals surface area contributed by atoms with Gasteiger partial charge in [-0.25, -0.2) is 0 Å². The van der Waals surface area contributed by atoms with Crippen LogP contribution in [0.4, 0.5) is 0 Å². The summed E-state index contributed by atoms with van der Waals surface area (Å²) in [7, 11) is 2.20. The predicted octanol–water partition coefficient (Wildman–Crippen LogP) is 2.11. The van der Waals surface area contributed by atoms with E-state index in [1.54, 1.807) is 0 Å². The smallest absolute Gasteiger partial charge is 0.000969 e. The van der Waals surface area contributed by atoms with Crippen molar-refractivity contribution in [2.45, 2.75) is 39.5 Å². The maximum Gasteiger partial charge on any atom is -0.000969 e. The molecule has 80 valence electrons. The highest BCUT2D eigenvalue weighted by Gasteiger charge is 1.94. The molecule has 0 radical (unpaired) electrons. The van der Waals surface area contributed by atoms with E-state index in [9.17, 15) is 0 Å². The summed E-state index contributed by atoms with van der Waals surface area (Å²) < 4.78 is 0. The summed E-state index contributed by atoms with van der Waals surface area (Å²) in [5.74, 6) is 0. The number of hydrogen-bond donors (Lipinski definition) is 1. The summed E-state index contributed by atoms with van der Waals surface area (Å²) in [6.45, 7) is 9.29. The number of hydrogen-bond acceptors (Lipinski definition) is 2. The summed E-state index contributed by atoms with van der Waals surface area (Å²) >= 11 is 0. The van der Waals surface area contributed by atoms with Gasteiger partial charge in [-0.2, -0.15) is 0 Å². The Kier molecular flexibility index (Phi) is 9.94. The van der Waals surface area contributed by atoms with E-state index in [0.717, 1.165) is 0 Å². The molecule has 0 amide bonds. The van der Waals surface area contributed by atoms with E-state index in [4.69, 9.17) is 0 Å². The first-order chi connectivity index (χ1) is 6.31. The average molecular weight is 186 g/mol. The second-order valence-electron chi connectivity index (χ2n) is 3.76. The minimum Gasteiger partial charge on any atom is -0.317 e. The molecule has 13 heavy (non-hydrogen) atoms. The lowest BCUT2D eigenvalue weighted by atomic mass is 10.3. The van der Waals surface area contributed by atoms with Crippen LogP contribution in [-0.4, -0.2) is 38.1 Å². The highest BCUT2D eigenvalue weighted by molar-refractivity contribution is 4.53. The van der Waals surface area contributed by atoms with Gasteiger partial charge in [0.1, 0.15) is 0 Å². The first-order valence-corrected chi connectivity index (χ1v) is 5.70. The second kappa shape index (κ2) is 10.0. The Hall–Kier alpha value is -0.0800. The molecule has 0 aromatic carbocycles. The van der Waals surface area contributed by atoms with Gasteiger partial charge in [-0.1, -0.05) is 20.3 Å². The van der Waals surface area contributed by atoms with Crippen molar-refractivity contribution in [1.82, 2.24) is 10.2 Å². The summed E-state index contributed by atoms with van der Waals surface area (Å²) in [6, 6.07) is 0. The fourth-order valence-electron chi connectivity index (χ4n) is 1.39. The van der Waals surface area contributed by atoms with Gasteiger partial charge < -0.3 is 10.2 Å². The van der Waals surface area contributed by atoms with E-state index >= 15 is 0 Å². The fourth-order valence-corrected chi connectivity index (χ4v) is 1.39. The van der Waals surface area contributed by atoms with Crippen molar-refractivity contribution >= 4 is 0 Å². The van der Waals surface area contributed by atoms with E-state index in [1.165, 1.54) is 51.9 Å². The first kappa shape index (κ1) is 12.9. The molecule has 0 heterocycles. The molecule has 0 aromatic heterocycles. The molecule has 0 aromatic rings. The minimum absolute atomic E-state index is 1.17. The van der Waals surface area contributed by atoms with Crippen LogP contribution in [0.2, 0.25) is 0 Å². The molecule has 2 nitrogen and oxygen atoms in total. The van der Waals surface area contributed by atoms with Crippen molar-refractivity contribution in [3.63, 3.8) is 0 Å². The van der Waals surface area contributed by atoms with Crippen molar-refractivity contribution in [2.24, 2.45) is 0 Å². The number of nitrogens with one attached hydrogen (secondary N) is 1. The van der Waals surface area contributed by atoms with Gasteiger partial charge in [-0.3, -0.25) is 0 Å². The van der Waals surface area contributed by atoms with Crippen LogP contribution in [0.25, 0.3) is 0 Å². The quantitative estimate of drug-likeness (QED) is 0.555. The fraction of sp³-hybridized carbons (Fsp3) is 1.00. The molecule has 0 unspecified atom stereocenters. The highest BCUT2D eigenvalue weighted by Crippen LogP contribution is 1.89. The lowest BCUT2D eigenvalue weighted by Crippen LogP contribution is -2.25. The monoisotopic (exact) mass is 186 g/mol. The zero-order valence-corrected chi connectivity index (χ0v) is 9.60. The summed E-state index contributed by atoms with van der Waals surface area (Å²) in [6.07, 6.45) is 5.15. The van der Waals surface area contributed by atoms with Crippen molar-refractivity contribution in [1.29, 1.82) is 0 Å². The Balaban J connectivity index is 2.97. The molecular weight excluding hydrogens is 160 g/mol. The lowest BCUT2D eigenvalue weighted by Gasteiger charge is -2.15. The maximum atomic E-state index is 3.46. The molecular formula is C11H26N2. The zero-order chi connectivity index (χ0) is 9.94. The van der Waals surface area contributed by atoms with Crippen LogP contribution in [0.15, 0.2) is 0 Å². The van der Waals surface area contributed by atoms with Crippen LogP contribution in [-0.2, 0) is 0 Å². The third-order valence-electron chi connectivity index (χ3n) is 2.21. The third-order valence-corrected chi connectivity index (χ3v) is 2.21. The lowest BCUT2D eigenvalue weighted by molar-refractivity contribution is 0.327. The van der Waals surface area contributed by atoms with Crippen LogP contribution in [0.5, 0.6) is 0 Å². The molecule has 0 aliphatic carbocycles. The first-order valence-electron chi connectivity index (χ1n) is 5.70. The van der Waals surface area contributed by atoms with Gasteiger partial charge in [0.05, 0.1) is 0 Å². The molecule has 0 atom stereocenters. The van der Waals surface area contributed by atoms with Crippen molar-refractivity contribution < 1.29 is 0 Å². The zero-order valence-electron chi connectivity index (χ0n) is 9.60. The molecule has 0 saturated heterocycles. The van der Waals surface area contributed by atoms with Gasteiger partial charge in [0, 0.05) is 0 Å². The van der Waals surface area contributed by atoms with E-state index in [-0.39, 0.29) is 0 Å². The van der Waals surface area contributed by atoms with Crippen LogP contribution in [0.3, 0.4) is 0 Å². The van der Waals surface area contributed by atoms with Crippen molar-refractivity contribution in [2.75, 3.05) is 33.2 Å². The SMILES string of the molecule is CCCCNCCCN(C)CCC. The van der Waals surface area contributed by atoms with Crippen LogP contribution in [0.1, 0.15) is 39.5 Å². The minimum atomic E-state index is 1.17. The molecule has 0 bridgehead atoms. The molecule has 0 saturated carbocycles. The molecule has 2 heteroatoms. The summed E-state index contributed by atoms with van der Waals surface area (Å²) in [5, 5.41) is 3.46. The Morgan fingerprint density at radius 2 is 1.62 bits per heavy atom. The Morgan fingerprint density at radius 3 is 2.23 bits per heavy atom. The van der Waals surface area contributed by atoms with Crippen LogP contribution in [0, 0.1) is 0 Å². The van der Waals surface area contributed by atoms with Gasteiger partial charge in [-0.15, -0.1) is 0 Å². The van der Waals surface area contributed by atoms with Crippen molar-refractivity contribution in [3.05, 3.63) is 0 Å². The van der Waals surface area contributed by atoms with Gasteiger partial charge in [0.15, 0.2) is 0 Å². The number of unbranched alkanes of at least 4 members (excludes halogenated alkanes) is 1. The standard InChI is InChI=1S/C11H26N2/c1-4-6-8-12-9-7-11-13(3)10-5-2/h12H,4-11H2,1-3H3. The molecule has 0 aliphatic heterocycles. The molecule has 1 N–H and O–H groups in total. The van der Waals surface area contributed by atoms with Crippen molar-refractivity contribution in [3.8, 4) is 0 Å². The molecule has 0 aliphatic rings. The Labute approximate surface area is 83.7 Å². The largest absolute Gasteiger partial charge is 0.317 e. The predicted molar refractivity (Wildman–Crippen MR) is 60.2 cm³/mol. The maximum absolute atomic E-state index is 3.46. The van der Waals surface area contributed by atoms with E-state index in [2.05, 4.69) is 31.1 Å². The van der Waals surface area contributed by atoms with Crippen LogP contribution < -0.4 is 5.32 Å². The normalized spacial score (nSPS) is 11.1. The number of nitrogens with zero attached hydrogens (tertiary/aromatic N) is 1. The van der Waals surface area contributed by atoms with Gasteiger partial charge in [-0.05, 0) is 52.5 Å². The highest BCUT2D eigenvalue weighted by atomic mass is 15.1. The third kappa shape index (κ3) is 9.84. The van der Waals surface area contributed by atoms with E-state index in [1.807, 2.05) is 0 Å². The summed E-state index contributed by atoms with van der Waals surface area (Å²) in [4.78, 5) is 2.40. The molecule has 0 spiro atoms. The van der Waals surface area contributed by atoms with Gasteiger partial charge in [0.2, 0.25) is 0 Å². The summed E-state index contributed by atoms with van der Waals surface area (Å²) in [5.41, 5.74) is 0. The number of rotatable bonds is 9. The molecule has 0 fully saturated rings. The van der Waals surface area contributed by atoms with E-state index in [0.29, 0.717) is 0 Å². The van der Waals surface area contributed by atoms with Crippen LogP contribution >= 0.6 is 0 Å². The average Bonchev–Trinajstić information content (AvgIpc) is 2.11. The topological polar surface area (TPSA) is 15.3 Å². The second-order valence-corrected chi connectivity index (χ2v) is 3.76. The Morgan fingerprint density at radius 1 is 0.923 bits per heavy atom. The van der Waals surface area contributed by atoms with E-state index < -0.39 is 0 Å². The van der Waals surface area contributed by atoms with Gasteiger partial charge in [0.25, 0.3) is 0 Å². The molecule has 0 rings (SSSR count). The Bertz CT molecular complexity index is 94.1.